The summed E-state index contributed by atoms with van der Waals surface area (Å²) in [4.78, 5) is 25.4. The van der Waals surface area contributed by atoms with E-state index in [1.165, 1.54) is 42.6 Å². The van der Waals surface area contributed by atoms with E-state index in [1.54, 1.807) is 7.05 Å². The Morgan fingerprint density at radius 1 is 1.17 bits per heavy atom. The topological polar surface area (TPSA) is 58.6 Å². The standard InChI is InChI=1S/C19H26N2O3/c1-19(2)16(17(22)20-19)21(3)18(23)24-15-11-9-14(10-12-15)13-7-5-4-6-8-13/h9-13,16H,4-8H2,1-3H3,(H,20,22)/t16-/m1/s1. The minimum Gasteiger partial charge on any atom is -0.410 e. The number of likely N-dealkylation sites (N-methyl/N-ethyl adjacent to an activating group) is 1. The number of hydrogen-bond acceptors (Lipinski definition) is 3. The molecule has 2 amide bonds. The van der Waals surface area contributed by atoms with E-state index in [4.69, 9.17) is 4.74 Å². The van der Waals surface area contributed by atoms with Crippen LogP contribution in [-0.2, 0) is 4.79 Å². The molecule has 1 aromatic rings. The van der Waals surface area contributed by atoms with Crippen molar-refractivity contribution in [3.8, 4) is 5.75 Å². The van der Waals surface area contributed by atoms with Gasteiger partial charge in [0.25, 0.3) is 0 Å². The van der Waals surface area contributed by atoms with Gasteiger partial charge in [-0.1, -0.05) is 31.4 Å². The Morgan fingerprint density at radius 3 is 2.33 bits per heavy atom. The van der Waals surface area contributed by atoms with Gasteiger partial charge in [0.15, 0.2) is 0 Å². The van der Waals surface area contributed by atoms with Gasteiger partial charge in [0.1, 0.15) is 11.8 Å². The zero-order valence-corrected chi connectivity index (χ0v) is 14.7. The number of hydrogen-bond donors (Lipinski definition) is 1. The Bertz CT molecular complexity index is 618. The van der Waals surface area contributed by atoms with Crippen LogP contribution < -0.4 is 10.1 Å². The minimum absolute atomic E-state index is 0.146. The maximum absolute atomic E-state index is 12.3. The van der Waals surface area contributed by atoms with E-state index in [9.17, 15) is 9.59 Å². The van der Waals surface area contributed by atoms with E-state index in [2.05, 4.69) is 17.4 Å². The summed E-state index contributed by atoms with van der Waals surface area (Å²) in [6.07, 6.45) is 5.91. The van der Waals surface area contributed by atoms with Crippen LogP contribution in [0, 0.1) is 0 Å². The Labute approximate surface area is 143 Å². The molecule has 130 valence electrons. The molecule has 1 heterocycles. The van der Waals surface area contributed by atoms with Crippen LogP contribution in [-0.4, -0.2) is 35.5 Å². The van der Waals surface area contributed by atoms with Crippen molar-refractivity contribution in [3.63, 3.8) is 0 Å². The Kier molecular flexibility index (Phi) is 4.52. The molecule has 1 atom stereocenters. The maximum atomic E-state index is 12.3. The van der Waals surface area contributed by atoms with Crippen LogP contribution in [0.3, 0.4) is 0 Å². The molecule has 1 aliphatic heterocycles. The zero-order valence-electron chi connectivity index (χ0n) is 14.7. The number of β-lactam (4-membered cyclic amide) rings is 1. The highest BCUT2D eigenvalue weighted by atomic mass is 16.6. The van der Waals surface area contributed by atoms with Gasteiger partial charge in [-0.15, -0.1) is 0 Å². The van der Waals surface area contributed by atoms with E-state index in [0.29, 0.717) is 11.7 Å². The van der Waals surface area contributed by atoms with Gasteiger partial charge in [-0.2, -0.15) is 0 Å². The number of ether oxygens (including phenoxy) is 1. The second-order valence-corrected chi connectivity index (χ2v) is 7.50. The second kappa shape index (κ2) is 6.46. The molecule has 5 nitrogen and oxygen atoms in total. The normalized spacial score (nSPS) is 23.1. The third-order valence-electron chi connectivity index (χ3n) is 5.21. The molecule has 2 fully saturated rings. The quantitative estimate of drug-likeness (QED) is 0.864. The van der Waals surface area contributed by atoms with Gasteiger partial charge in [-0.25, -0.2) is 4.79 Å². The molecular weight excluding hydrogens is 304 g/mol. The van der Waals surface area contributed by atoms with Crippen molar-refractivity contribution in [2.45, 2.75) is 63.5 Å². The molecule has 0 aromatic heterocycles. The summed E-state index contributed by atoms with van der Waals surface area (Å²) in [5.41, 5.74) is 0.901. The molecule has 0 spiro atoms. The van der Waals surface area contributed by atoms with Crippen LogP contribution in [0.1, 0.15) is 57.4 Å². The average Bonchev–Trinajstić information content (AvgIpc) is 2.55. The number of nitrogens with one attached hydrogen (secondary N) is 1. The third kappa shape index (κ3) is 3.25. The van der Waals surface area contributed by atoms with E-state index < -0.39 is 17.7 Å². The van der Waals surface area contributed by atoms with Crippen LogP contribution in [0.25, 0.3) is 0 Å². The number of benzene rings is 1. The maximum Gasteiger partial charge on any atom is 0.415 e. The minimum atomic E-state index is -0.506. The molecule has 1 saturated heterocycles. The SMILES string of the molecule is CN(C(=O)Oc1ccc(C2CCCCC2)cc1)[C@@H]1C(=O)NC1(C)C. The number of rotatable bonds is 3. The van der Waals surface area contributed by atoms with Crippen LogP contribution >= 0.6 is 0 Å². The van der Waals surface area contributed by atoms with Crippen molar-refractivity contribution in [2.24, 2.45) is 0 Å². The van der Waals surface area contributed by atoms with Crippen molar-refractivity contribution in [1.29, 1.82) is 0 Å². The average molecular weight is 330 g/mol. The highest BCUT2D eigenvalue weighted by Crippen LogP contribution is 2.33. The third-order valence-corrected chi connectivity index (χ3v) is 5.21. The van der Waals surface area contributed by atoms with Gasteiger partial charge >= 0.3 is 6.09 Å². The number of carbonyl (C=O) groups excluding carboxylic acids is 2. The van der Waals surface area contributed by atoms with Gasteiger partial charge in [0, 0.05) is 7.05 Å². The second-order valence-electron chi connectivity index (χ2n) is 7.50. The molecule has 0 bridgehead atoms. The summed E-state index contributed by atoms with van der Waals surface area (Å²) in [6, 6.07) is 7.31. The molecule has 3 rings (SSSR count). The van der Waals surface area contributed by atoms with Gasteiger partial charge < -0.3 is 10.1 Å². The summed E-state index contributed by atoms with van der Waals surface area (Å²) in [7, 11) is 1.60. The Balaban J connectivity index is 1.61. The van der Waals surface area contributed by atoms with E-state index in [0.717, 1.165) is 0 Å². The lowest BCUT2D eigenvalue weighted by Crippen LogP contribution is -2.75. The molecule has 1 saturated carbocycles. The molecule has 1 N–H and O–H groups in total. The van der Waals surface area contributed by atoms with Crippen molar-refractivity contribution in [2.75, 3.05) is 7.05 Å². The van der Waals surface area contributed by atoms with Gasteiger partial charge in [0.05, 0.1) is 5.54 Å². The van der Waals surface area contributed by atoms with Crippen LogP contribution in [0.15, 0.2) is 24.3 Å². The van der Waals surface area contributed by atoms with Gasteiger partial charge in [0.2, 0.25) is 5.91 Å². The summed E-state index contributed by atoms with van der Waals surface area (Å²) in [6.45, 7) is 3.78. The largest absolute Gasteiger partial charge is 0.415 e. The van der Waals surface area contributed by atoms with Crippen LogP contribution in [0.2, 0.25) is 0 Å². The lowest BCUT2D eigenvalue weighted by atomic mass is 9.84. The van der Waals surface area contributed by atoms with E-state index in [1.807, 2.05) is 26.0 Å². The number of nitrogens with zero attached hydrogens (tertiary/aromatic N) is 1. The van der Waals surface area contributed by atoms with Crippen LogP contribution in [0.4, 0.5) is 4.79 Å². The molecule has 1 aromatic carbocycles. The first-order chi connectivity index (χ1) is 11.4. The Hall–Kier alpha value is -2.04. The van der Waals surface area contributed by atoms with Crippen molar-refractivity contribution in [1.82, 2.24) is 10.2 Å². The first-order valence-electron chi connectivity index (χ1n) is 8.75. The highest BCUT2D eigenvalue weighted by molar-refractivity contribution is 5.93. The monoisotopic (exact) mass is 330 g/mol. The summed E-state index contributed by atoms with van der Waals surface area (Å²) < 4.78 is 5.42. The lowest BCUT2D eigenvalue weighted by Gasteiger charge is -2.47. The van der Waals surface area contributed by atoms with Crippen molar-refractivity contribution >= 4 is 12.0 Å². The smallest absolute Gasteiger partial charge is 0.410 e. The summed E-state index contributed by atoms with van der Waals surface area (Å²) >= 11 is 0. The molecule has 2 aliphatic rings. The number of carbonyl (C=O) groups is 2. The van der Waals surface area contributed by atoms with E-state index in [-0.39, 0.29) is 5.91 Å². The van der Waals surface area contributed by atoms with Crippen molar-refractivity contribution in [3.05, 3.63) is 29.8 Å². The molecule has 5 heteroatoms. The molecule has 24 heavy (non-hydrogen) atoms. The molecule has 0 unspecified atom stereocenters. The fraction of sp³-hybridized carbons (Fsp3) is 0.579. The van der Waals surface area contributed by atoms with Gasteiger partial charge in [-0.05, 0) is 50.3 Å². The highest BCUT2D eigenvalue weighted by Gasteiger charge is 2.50. The number of amides is 2. The summed E-state index contributed by atoms with van der Waals surface area (Å²) in [5, 5.41) is 2.79. The first kappa shape index (κ1) is 16.8. The predicted molar refractivity (Wildman–Crippen MR) is 92.1 cm³/mol. The molecule has 0 radical (unpaired) electrons. The zero-order chi connectivity index (χ0) is 17.3. The fourth-order valence-electron chi connectivity index (χ4n) is 3.89. The summed E-state index contributed by atoms with van der Waals surface area (Å²) in [5.74, 6) is 1.00. The molecule has 1 aliphatic carbocycles. The van der Waals surface area contributed by atoms with Crippen LogP contribution in [0.5, 0.6) is 5.75 Å². The fourth-order valence-corrected chi connectivity index (χ4v) is 3.89. The van der Waals surface area contributed by atoms with Gasteiger partial charge in [-0.3, -0.25) is 9.69 Å². The lowest BCUT2D eigenvalue weighted by molar-refractivity contribution is -0.140. The Morgan fingerprint density at radius 2 is 1.79 bits per heavy atom. The van der Waals surface area contributed by atoms with Crippen molar-refractivity contribution < 1.29 is 14.3 Å². The van der Waals surface area contributed by atoms with E-state index >= 15 is 0 Å². The predicted octanol–water partition coefficient (Wildman–Crippen LogP) is 3.44. The molecular formula is C19H26N2O3. The first-order valence-corrected chi connectivity index (χ1v) is 8.75.